The van der Waals surface area contributed by atoms with Crippen LogP contribution in [-0.4, -0.2) is 12.1 Å². The minimum Gasteiger partial charge on any atom is -0.335 e. The number of rotatable bonds is 3. The van der Waals surface area contributed by atoms with Gasteiger partial charge >= 0.3 is 12.2 Å². The zero-order valence-electron chi connectivity index (χ0n) is 12.3. The third-order valence-corrected chi connectivity index (χ3v) is 4.81. The van der Waals surface area contributed by atoms with Gasteiger partial charge in [-0.2, -0.15) is 13.2 Å². The minimum absolute atomic E-state index is 0.221. The molecule has 0 spiro atoms. The number of alkyl halides is 3. The van der Waals surface area contributed by atoms with E-state index in [1.807, 2.05) is 0 Å². The Balaban J connectivity index is 1.59. The number of carbonyl (C=O) groups is 1. The highest BCUT2D eigenvalue weighted by molar-refractivity contribution is 5.75. The molecule has 2 N–H and O–H groups in total. The van der Waals surface area contributed by atoms with Gasteiger partial charge in [-0.15, -0.1) is 0 Å². The van der Waals surface area contributed by atoms with Crippen molar-refractivity contribution in [2.75, 3.05) is 0 Å². The van der Waals surface area contributed by atoms with Crippen LogP contribution in [0.4, 0.5) is 18.0 Å². The van der Waals surface area contributed by atoms with Crippen LogP contribution in [0.2, 0.25) is 0 Å². The summed E-state index contributed by atoms with van der Waals surface area (Å²) in [4.78, 5) is 12.0. The predicted octanol–water partition coefficient (Wildman–Crippen LogP) is 3.86. The highest BCUT2D eigenvalue weighted by atomic mass is 19.4. The number of amides is 2. The second kappa shape index (κ2) is 5.48. The van der Waals surface area contributed by atoms with Gasteiger partial charge in [-0.25, -0.2) is 4.79 Å². The topological polar surface area (TPSA) is 41.1 Å². The van der Waals surface area contributed by atoms with Crippen LogP contribution in [0, 0.1) is 11.8 Å². The van der Waals surface area contributed by atoms with Crippen molar-refractivity contribution in [1.29, 1.82) is 0 Å². The van der Waals surface area contributed by atoms with E-state index >= 15 is 0 Å². The van der Waals surface area contributed by atoms with Crippen molar-refractivity contribution in [2.24, 2.45) is 11.8 Å². The van der Waals surface area contributed by atoms with Crippen LogP contribution in [-0.2, 0) is 6.18 Å². The fourth-order valence-electron chi connectivity index (χ4n) is 3.51. The van der Waals surface area contributed by atoms with Crippen LogP contribution in [0.15, 0.2) is 24.3 Å². The molecule has 3 aliphatic carbocycles. The quantitative estimate of drug-likeness (QED) is 0.874. The number of urea groups is 1. The van der Waals surface area contributed by atoms with Crippen LogP contribution in [0.3, 0.4) is 0 Å². The fraction of sp³-hybridized carbons (Fsp3) is 0.562. The van der Waals surface area contributed by atoms with E-state index in [1.54, 1.807) is 13.0 Å². The summed E-state index contributed by atoms with van der Waals surface area (Å²) in [6.07, 6.45) is -0.971. The standard InChI is InChI=1S/C16H19F3N2O/c1-9(11-3-2-4-13(8-11)16(17,18)19)20-15(22)21-14-7-10-5-12(14)6-10/h2-4,8-10,12,14H,5-7H2,1H3,(H2,20,21,22)/t9-,10?,12?,14+/m0/s1. The van der Waals surface area contributed by atoms with Gasteiger partial charge in [0.2, 0.25) is 0 Å². The van der Waals surface area contributed by atoms with Gasteiger partial charge in [0.15, 0.2) is 0 Å². The lowest BCUT2D eigenvalue weighted by molar-refractivity contribution is -0.137. The van der Waals surface area contributed by atoms with Crippen molar-refractivity contribution in [3.8, 4) is 0 Å². The van der Waals surface area contributed by atoms with E-state index < -0.39 is 17.8 Å². The first-order valence-corrected chi connectivity index (χ1v) is 7.57. The van der Waals surface area contributed by atoms with Crippen molar-refractivity contribution in [2.45, 2.75) is 44.4 Å². The molecule has 0 radical (unpaired) electrons. The molecule has 0 saturated heterocycles. The lowest BCUT2D eigenvalue weighted by atomic mass is 9.84. The average Bonchev–Trinajstić information content (AvgIpc) is 2.96. The molecule has 0 heterocycles. The Morgan fingerprint density at radius 2 is 2.00 bits per heavy atom. The zero-order chi connectivity index (χ0) is 15.9. The SMILES string of the molecule is C[C@H](NC(=O)N[C@@H]1CC2CC1C2)c1cccc(C(F)(F)F)c1. The number of hydrogen-bond acceptors (Lipinski definition) is 1. The van der Waals surface area contributed by atoms with Crippen LogP contribution in [0.1, 0.15) is 43.4 Å². The summed E-state index contributed by atoms with van der Waals surface area (Å²) in [5, 5.41) is 5.67. The predicted molar refractivity (Wildman–Crippen MR) is 76.1 cm³/mol. The maximum atomic E-state index is 12.7. The van der Waals surface area contributed by atoms with E-state index in [0.29, 0.717) is 11.5 Å². The summed E-state index contributed by atoms with van der Waals surface area (Å²) in [6, 6.07) is 4.51. The van der Waals surface area contributed by atoms with Gasteiger partial charge in [0.05, 0.1) is 11.6 Å². The van der Waals surface area contributed by atoms with E-state index in [1.165, 1.54) is 18.9 Å². The van der Waals surface area contributed by atoms with Crippen LogP contribution < -0.4 is 10.6 Å². The zero-order valence-corrected chi connectivity index (χ0v) is 12.3. The molecular formula is C16H19F3N2O. The molecule has 6 heteroatoms. The fourth-order valence-corrected chi connectivity index (χ4v) is 3.51. The highest BCUT2D eigenvalue weighted by Gasteiger charge is 2.44. The molecule has 0 unspecified atom stereocenters. The Labute approximate surface area is 127 Å². The average molecular weight is 312 g/mol. The number of halogens is 3. The Morgan fingerprint density at radius 3 is 2.59 bits per heavy atom. The molecule has 2 amide bonds. The number of benzene rings is 1. The Kier molecular flexibility index (Phi) is 3.78. The molecule has 1 aromatic carbocycles. The van der Waals surface area contributed by atoms with Crippen LogP contribution in [0.5, 0.6) is 0 Å². The van der Waals surface area contributed by atoms with Gasteiger partial charge < -0.3 is 10.6 Å². The molecule has 2 atom stereocenters. The third kappa shape index (κ3) is 3.05. The second-order valence-electron chi connectivity index (χ2n) is 6.40. The molecule has 3 aliphatic rings. The van der Waals surface area contributed by atoms with Gasteiger partial charge in [0.1, 0.15) is 0 Å². The number of nitrogens with one attached hydrogen (secondary N) is 2. The summed E-state index contributed by atoms with van der Waals surface area (Å²) in [7, 11) is 0. The van der Waals surface area contributed by atoms with Crippen molar-refractivity contribution in [1.82, 2.24) is 10.6 Å². The molecule has 3 fully saturated rings. The normalized spacial score (nSPS) is 27.9. The van der Waals surface area contributed by atoms with Gasteiger partial charge in [0, 0.05) is 6.04 Å². The Bertz CT molecular complexity index is 567. The summed E-state index contributed by atoms with van der Waals surface area (Å²) in [5.74, 6) is 1.33. The third-order valence-electron chi connectivity index (χ3n) is 4.81. The monoisotopic (exact) mass is 312 g/mol. The molecule has 0 aliphatic heterocycles. The van der Waals surface area contributed by atoms with E-state index in [2.05, 4.69) is 10.6 Å². The molecule has 120 valence electrons. The van der Waals surface area contributed by atoms with Crippen LogP contribution in [0.25, 0.3) is 0 Å². The first-order chi connectivity index (χ1) is 10.3. The van der Waals surface area contributed by atoms with Crippen molar-refractivity contribution in [3.63, 3.8) is 0 Å². The lowest BCUT2D eigenvalue weighted by Crippen LogP contribution is -2.43. The lowest BCUT2D eigenvalue weighted by Gasteiger charge is -2.25. The minimum atomic E-state index is -4.37. The molecule has 2 bridgehead atoms. The molecule has 1 aromatic rings. The molecule has 3 nitrogen and oxygen atoms in total. The van der Waals surface area contributed by atoms with Crippen molar-refractivity contribution >= 4 is 6.03 Å². The summed E-state index contributed by atoms with van der Waals surface area (Å²) in [6.45, 7) is 1.68. The van der Waals surface area contributed by atoms with Crippen LogP contribution >= 0.6 is 0 Å². The number of carbonyl (C=O) groups excluding carboxylic acids is 1. The molecular weight excluding hydrogens is 293 g/mol. The first-order valence-electron chi connectivity index (χ1n) is 7.57. The van der Waals surface area contributed by atoms with Gasteiger partial charge in [-0.1, -0.05) is 12.1 Å². The molecule has 0 aromatic heterocycles. The summed E-state index contributed by atoms with van der Waals surface area (Å²) < 4.78 is 38.1. The summed E-state index contributed by atoms with van der Waals surface area (Å²) >= 11 is 0. The molecule has 4 rings (SSSR count). The summed E-state index contributed by atoms with van der Waals surface area (Å²) in [5.41, 5.74) is -0.253. The largest absolute Gasteiger partial charge is 0.416 e. The maximum absolute atomic E-state index is 12.7. The van der Waals surface area contributed by atoms with Gasteiger partial charge in [0.25, 0.3) is 0 Å². The van der Waals surface area contributed by atoms with Gasteiger partial charge in [-0.3, -0.25) is 0 Å². The van der Waals surface area contributed by atoms with E-state index in [4.69, 9.17) is 0 Å². The molecule has 22 heavy (non-hydrogen) atoms. The smallest absolute Gasteiger partial charge is 0.335 e. The number of fused-ring (bicyclic) bond motifs is 1. The van der Waals surface area contributed by atoms with E-state index in [-0.39, 0.29) is 12.1 Å². The Morgan fingerprint density at radius 1 is 1.27 bits per heavy atom. The second-order valence-corrected chi connectivity index (χ2v) is 6.40. The van der Waals surface area contributed by atoms with Crippen molar-refractivity contribution < 1.29 is 18.0 Å². The first kappa shape index (κ1) is 15.2. The van der Waals surface area contributed by atoms with Crippen molar-refractivity contribution in [3.05, 3.63) is 35.4 Å². The highest BCUT2D eigenvalue weighted by Crippen LogP contribution is 2.48. The number of hydrogen-bond donors (Lipinski definition) is 2. The Hall–Kier alpha value is -1.72. The van der Waals surface area contributed by atoms with E-state index in [9.17, 15) is 18.0 Å². The molecule has 3 saturated carbocycles. The van der Waals surface area contributed by atoms with Gasteiger partial charge in [-0.05, 0) is 55.7 Å². The maximum Gasteiger partial charge on any atom is 0.416 e. The van der Waals surface area contributed by atoms with E-state index in [0.717, 1.165) is 24.5 Å².